The minimum absolute atomic E-state index is 0.427. The quantitative estimate of drug-likeness (QED) is 0.646. The third kappa shape index (κ3) is 1.20. The van der Waals surface area contributed by atoms with Gasteiger partial charge in [0.05, 0.1) is 0 Å². The summed E-state index contributed by atoms with van der Waals surface area (Å²) in [5, 5.41) is 1.02. The molecule has 1 aromatic heterocycles. The van der Waals surface area contributed by atoms with Crippen LogP contribution in [0.15, 0.2) is 41.8 Å². The Morgan fingerprint density at radius 1 is 1.36 bits per heavy atom. The normalized spacial score (nSPS) is 10.3. The number of hydrogen-bond acceptors (Lipinski definition) is 1. The topological polar surface area (TPSA) is 13.1 Å². The monoisotopic (exact) mass is 180 g/mol. The summed E-state index contributed by atoms with van der Waals surface area (Å²) in [4.78, 5) is 0. The molecule has 0 saturated carbocycles. The molecule has 2 aromatic rings. The number of benzene rings is 1. The van der Waals surface area contributed by atoms with E-state index in [0.717, 1.165) is 16.5 Å². The molecule has 0 N–H and O–H groups in total. The predicted octanol–water partition coefficient (Wildman–Crippen LogP) is 3.22. The molecule has 0 amide bonds. The maximum Gasteiger partial charge on any atom is 0.135 e. The first-order valence-corrected chi connectivity index (χ1v) is 4.32. The van der Waals surface area contributed by atoms with Gasteiger partial charge in [-0.15, -0.1) is 6.58 Å². The summed E-state index contributed by atoms with van der Waals surface area (Å²) in [6, 6.07) is 7.74. The molecule has 1 nitrogen and oxygen atoms in total. The lowest BCUT2D eigenvalue weighted by Gasteiger charge is -1.94. The van der Waals surface area contributed by atoms with Crippen LogP contribution in [0.5, 0.6) is 0 Å². The van der Waals surface area contributed by atoms with Gasteiger partial charge in [-0.2, -0.15) is 0 Å². The Morgan fingerprint density at radius 2 is 2.07 bits per heavy atom. The van der Waals surface area contributed by atoms with Crippen molar-refractivity contribution in [1.82, 2.24) is 0 Å². The van der Waals surface area contributed by atoms with Crippen molar-refractivity contribution in [3.05, 3.63) is 48.7 Å². The molecule has 0 aliphatic rings. The Labute approximate surface area is 84.1 Å². The van der Waals surface area contributed by atoms with Crippen LogP contribution in [0.4, 0.5) is 0 Å². The average molecular weight is 180 g/mol. The SMILES string of the molecule is [B]C(=C)c1oc2ccccc2c1C=C. The summed E-state index contributed by atoms with van der Waals surface area (Å²) >= 11 is 0. The van der Waals surface area contributed by atoms with Gasteiger partial charge in [0, 0.05) is 10.9 Å². The summed E-state index contributed by atoms with van der Waals surface area (Å²) in [5.74, 6) is 0.612. The van der Waals surface area contributed by atoms with Gasteiger partial charge in [-0.1, -0.05) is 36.3 Å². The van der Waals surface area contributed by atoms with Crippen molar-refractivity contribution in [2.24, 2.45) is 0 Å². The van der Waals surface area contributed by atoms with Crippen LogP contribution < -0.4 is 0 Å². The lowest BCUT2D eigenvalue weighted by molar-refractivity contribution is 0.602. The minimum atomic E-state index is 0.427. The van der Waals surface area contributed by atoms with Crippen LogP contribution in [0.3, 0.4) is 0 Å². The van der Waals surface area contributed by atoms with Gasteiger partial charge in [0.25, 0.3) is 0 Å². The molecule has 14 heavy (non-hydrogen) atoms. The minimum Gasteiger partial charge on any atom is -0.457 e. The second kappa shape index (κ2) is 3.22. The number of fused-ring (bicyclic) bond motifs is 1. The number of furan rings is 1. The first-order valence-electron chi connectivity index (χ1n) is 4.32. The van der Waals surface area contributed by atoms with E-state index in [2.05, 4.69) is 13.2 Å². The van der Waals surface area contributed by atoms with E-state index in [1.54, 1.807) is 6.08 Å². The van der Waals surface area contributed by atoms with Crippen molar-refractivity contribution >= 4 is 30.4 Å². The molecule has 0 bridgehead atoms. The van der Waals surface area contributed by atoms with Gasteiger partial charge < -0.3 is 4.42 Å². The van der Waals surface area contributed by atoms with Crippen molar-refractivity contribution in [2.45, 2.75) is 0 Å². The summed E-state index contributed by atoms with van der Waals surface area (Å²) in [6.07, 6.45) is 1.74. The van der Waals surface area contributed by atoms with E-state index in [4.69, 9.17) is 12.3 Å². The zero-order valence-corrected chi connectivity index (χ0v) is 7.79. The smallest absolute Gasteiger partial charge is 0.135 e. The predicted molar refractivity (Wildman–Crippen MR) is 61.1 cm³/mol. The van der Waals surface area contributed by atoms with Crippen molar-refractivity contribution in [2.75, 3.05) is 0 Å². The van der Waals surface area contributed by atoms with Crippen LogP contribution in [0, 0.1) is 0 Å². The van der Waals surface area contributed by atoms with Crippen molar-refractivity contribution < 1.29 is 4.42 Å². The second-order valence-electron chi connectivity index (χ2n) is 3.07. The Kier molecular flexibility index (Phi) is 2.04. The average Bonchev–Trinajstić information content (AvgIpc) is 2.56. The molecule has 0 aliphatic heterocycles. The molecule has 0 unspecified atom stereocenters. The van der Waals surface area contributed by atoms with E-state index < -0.39 is 0 Å². The molecule has 0 fully saturated rings. The Bertz CT molecular complexity index is 508. The molecular weight excluding hydrogens is 171 g/mol. The van der Waals surface area contributed by atoms with Gasteiger partial charge in [-0.05, 0) is 6.07 Å². The molecule has 0 spiro atoms. The number of para-hydroxylation sites is 1. The Hall–Kier alpha value is -1.70. The maximum absolute atomic E-state index is 5.62. The van der Waals surface area contributed by atoms with E-state index >= 15 is 0 Å². The Morgan fingerprint density at radius 3 is 2.71 bits per heavy atom. The van der Waals surface area contributed by atoms with Crippen LogP contribution in [0.25, 0.3) is 22.5 Å². The van der Waals surface area contributed by atoms with Crippen LogP contribution >= 0.6 is 0 Å². The molecule has 1 aromatic carbocycles. The van der Waals surface area contributed by atoms with Gasteiger partial charge in [-0.25, -0.2) is 0 Å². The number of rotatable bonds is 2. The highest BCUT2D eigenvalue weighted by atomic mass is 16.3. The van der Waals surface area contributed by atoms with Gasteiger partial charge in [0.2, 0.25) is 0 Å². The summed E-state index contributed by atoms with van der Waals surface area (Å²) in [5.41, 5.74) is 2.15. The van der Waals surface area contributed by atoms with E-state index in [0.29, 0.717) is 11.2 Å². The summed E-state index contributed by atoms with van der Waals surface area (Å²) < 4.78 is 5.56. The zero-order valence-electron chi connectivity index (χ0n) is 7.79. The van der Waals surface area contributed by atoms with E-state index in [-0.39, 0.29) is 0 Å². The third-order valence-corrected chi connectivity index (χ3v) is 2.13. The molecule has 0 aliphatic carbocycles. The lowest BCUT2D eigenvalue weighted by atomic mass is 9.92. The standard InChI is InChI=1S/C12H9BO/c1-3-9-10-6-4-5-7-11(10)14-12(9)8(2)13/h3-7H,1-2H2. The number of hydrogen-bond donors (Lipinski definition) is 0. The van der Waals surface area contributed by atoms with E-state index in [1.807, 2.05) is 24.3 Å². The molecule has 2 radical (unpaired) electrons. The lowest BCUT2D eigenvalue weighted by Crippen LogP contribution is -1.80. The fraction of sp³-hybridized carbons (Fsp3) is 0. The Balaban J connectivity index is 2.85. The van der Waals surface area contributed by atoms with Gasteiger partial charge in [0.1, 0.15) is 19.2 Å². The summed E-state index contributed by atoms with van der Waals surface area (Å²) in [7, 11) is 5.62. The summed E-state index contributed by atoms with van der Waals surface area (Å²) in [6.45, 7) is 7.41. The van der Waals surface area contributed by atoms with Crippen LogP contribution in [0.2, 0.25) is 0 Å². The highest BCUT2D eigenvalue weighted by Gasteiger charge is 2.10. The molecular formula is C12H9BO. The van der Waals surface area contributed by atoms with Crippen molar-refractivity contribution in [3.63, 3.8) is 0 Å². The van der Waals surface area contributed by atoms with Crippen LogP contribution in [-0.2, 0) is 0 Å². The second-order valence-corrected chi connectivity index (χ2v) is 3.07. The first-order chi connectivity index (χ1) is 6.74. The highest BCUT2D eigenvalue weighted by molar-refractivity contribution is 6.41. The molecule has 2 heteroatoms. The largest absolute Gasteiger partial charge is 0.457 e. The van der Waals surface area contributed by atoms with Gasteiger partial charge in [0.15, 0.2) is 0 Å². The van der Waals surface area contributed by atoms with Crippen molar-refractivity contribution in [1.29, 1.82) is 0 Å². The highest BCUT2D eigenvalue weighted by Crippen LogP contribution is 2.29. The molecule has 1 heterocycles. The molecule has 66 valence electrons. The first kappa shape index (κ1) is 8.88. The van der Waals surface area contributed by atoms with Crippen LogP contribution in [0.1, 0.15) is 11.3 Å². The molecule has 0 atom stereocenters. The van der Waals surface area contributed by atoms with Crippen molar-refractivity contribution in [3.8, 4) is 0 Å². The third-order valence-electron chi connectivity index (χ3n) is 2.13. The fourth-order valence-corrected chi connectivity index (χ4v) is 1.51. The molecule has 2 rings (SSSR count). The van der Waals surface area contributed by atoms with E-state index in [1.165, 1.54) is 0 Å². The maximum atomic E-state index is 5.62. The van der Waals surface area contributed by atoms with Gasteiger partial charge >= 0.3 is 0 Å². The van der Waals surface area contributed by atoms with Gasteiger partial charge in [-0.3, -0.25) is 0 Å². The fourth-order valence-electron chi connectivity index (χ4n) is 1.51. The zero-order chi connectivity index (χ0) is 10.1. The van der Waals surface area contributed by atoms with E-state index in [9.17, 15) is 0 Å². The van der Waals surface area contributed by atoms with Crippen LogP contribution in [-0.4, -0.2) is 7.85 Å². The molecule has 0 saturated heterocycles.